The smallest absolute Gasteiger partial charge is 0.394 e. The van der Waals surface area contributed by atoms with Gasteiger partial charge in [-0.15, -0.1) is 0 Å². The maximum absolute atomic E-state index is 10.7. The summed E-state index contributed by atoms with van der Waals surface area (Å²) in [6.07, 6.45) is 0. The van der Waals surface area contributed by atoms with Crippen LogP contribution >= 0.6 is 0 Å². The lowest BCUT2D eigenvalue weighted by Gasteiger charge is -2.49. The van der Waals surface area contributed by atoms with Crippen LogP contribution in [0.25, 0.3) is 0 Å². The number of fused-ring (bicyclic) bond motifs is 2. The van der Waals surface area contributed by atoms with E-state index in [1.807, 2.05) is 0 Å². The maximum atomic E-state index is 10.7. The molecule has 0 aromatic heterocycles. The van der Waals surface area contributed by atoms with Crippen molar-refractivity contribution in [2.75, 3.05) is 7.11 Å². The second-order valence-electron chi connectivity index (χ2n) is 6.79. The molecule has 12 nitrogen and oxygen atoms in total. The molecule has 159 valence electrons. The molecule has 2 rings (SSSR count). The first kappa shape index (κ1) is 24.3. The summed E-state index contributed by atoms with van der Waals surface area (Å²) < 4.78 is 51.5. The Morgan fingerprint density at radius 2 is 1.37 bits per heavy atom. The lowest BCUT2D eigenvalue weighted by atomic mass is 11.8. The van der Waals surface area contributed by atoms with Crippen LogP contribution in [-0.4, -0.2) is 83.6 Å². The highest BCUT2D eigenvalue weighted by atomic mass is 28.6. The second kappa shape index (κ2) is 7.62. The van der Waals surface area contributed by atoms with E-state index in [1.165, 1.54) is 39.8 Å². The highest BCUT2D eigenvalue weighted by molar-refractivity contribution is 6.93. The minimum atomic E-state index is -3.91. The number of hydrogen-bond acceptors (Lipinski definition) is 12. The van der Waals surface area contributed by atoms with Gasteiger partial charge in [-0.2, -0.15) is 0 Å². The molecule has 19 heteroatoms. The molecule has 2 fully saturated rings. The van der Waals surface area contributed by atoms with Gasteiger partial charge in [0.15, 0.2) is 0 Å². The summed E-state index contributed by atoms with van der Waals surface area (Å²) in [4.78, 5) is 31.5. The standard InChI is InChI=1S/C8H27O12Si7/c1-12-22(3,9)15-26(7)17-24(5,11)18-27(8)16-23(4,10)13-21(2)14-25(6,19-26)20-27/h9-11H,1-8H3. The lowest BCUT2D eigenvalue weighted by molar-refractivity contribution is 0.0537. The van der Waals surface area contributed by atoms with Crippen molar-refractivity contribution in [2.24, 2.45) is 0 Å². The zero-order valence-electron chi connectivity index (χ0n) is 16.5. The Morgan fingerprint density at radius 3 is 1.93 bits per heavy atom. The summed E-state index contributed by atoms with van der Waals surface area (Å²) in [5, 5.41) is 0. The summed E-state index contributed by atoms with van der Waals surface area (Å²) >= 11 is 0. The van der Waals surface area contributed by atoms with Gasteiger partial charge in [0.2, 0.25) is 0 Å². The molecule has 0 aromatic carbocycles. The van der Waals surface area contributed by atoms with Crippen molar-refractivity contribution >= 4 is 62.1 Å². The first-order valence-corrected chi connectivity index (χ1v) is 23.3. The largest absolute Gasteiger partial charge is 0.487 e. The predicted molar refractivity (Wildman–Crippen MR) is 104 cm³/mol. The van der Waals surface area contributed by atoms with Gasteiger partial charge in [-0.3, -0.25) is 0 Å². The van der Waals surface area contributed by atoms with Crippen molar-refractivity contribution in [1.29, 1.82) is 0 Å². The van der Waals surface area contributed by atoms with E-state index in [2.05, 4.69) is 0 Å². The van der Waals surface area contributed by atoms with Gasteiger partial charge >= 0.3 is 62.1 Å². The van der Waals surface area contributed by atoms with Gasteiger partial charge in [0.25, 0.3) is 0 Å². The van der Waals surface area contributed by atoms with E-state index < -0.39 is 62.1 Å². The van der Waals surface area contributed by atoms with Gasteiger partial charge in [0.1, 0.15) is 0 Å². The SMILES string of the molecule is CO[Si](C)(O)O[Si]1(C)O[Si](C)(O)O[Si]2(C)O[Si](C)(O)O[Si](C)O[Si](C)(O1)O2. The molecule has 2 saturated heterocycles. The summed E-state index contributed by atoms with van der Waals surface area (Å²) in [5.74, 6) is 0. The minimum absolute atomic E-state index is 1.30. The van der Waals surface area contributed by atoms with E-state index in [4.69, 9.17) is 37.3 Å². The van der Waals surface area contributed by atoms with Crippen LogP contribution in [0, 0.1) is 0 Å². The Labute approximate surface area is 166 Å². The molecular formula is C8H27O12Si7. The normalized spacial score (nSPS) is 49.4. The molecule has 3 N–H and O–H groups in total. The fourth-order valence-electron chi connectivity index (χ4n) is 2.87. The van der Waals surface area contributed by atoms with Crippen molar-refractivity contribution in [3.63, 3.8) is 0 Å². The third kappa shape index (κ3) is 6.77. The van der Waals surface area contributed by atoms with E-state index >= 15 is 0 Å². The molecule has 2 aliphatic rings. The summed E-state index contributed by atoms with van der Waals surface area (Å²) in [6, 6.07) is 0. The van der Waals surface area contributed by atoms with E-state index in [0.29, 0.717) is 0 Å². The van der Waals surface area contributed by atoms with Crippen LogP contribution < -0.4 is 0 Å². The Morgan fingerprint density at radius 1 is 0.815 bits per heavy atom. The van der Waals surface area contributed by atoms with E-state index in [1.54, 1.807) is 13.1 Å². The first-order chi connectivity index (χ1) is 11.9. The highest BCUT2D eigenvalue weighted by Crippen LogP contribution is 2.35. The Balaban J connectivity index is 2.44. The van der Waals surface area contributed by atoms with Crippen LogP contribution in [0.15, 0.2) is 0 Å². The van der Waals surface area contributed by atoms with Gasteiger partial charge in [-0.05, 0) is 6.55 Å². The molecule has 6 atom stereocenters. The van der Waals surface area contributed by atoms with Gasteiger partial charge in [0, 0.05) is 46.4 Å². The lowest BCUT2D eigenvalue weighted by Crippen LogP contribution is -2.74. The summed E-state index contributed by atoms with van der Waals surface area (Å²) in [7, 11) is -22.8. The fraction of sp³-hybridized carbons (Fsp3) is 1.00. The van der Waals surface area contributed by atoms with Gasteiger partial charge in [-0.25, -0.2) is 0 Å². The highest BCUT2D eigenvalue weighted by Gasteiger charge is 2.66. The molecule has 2 heterocycles. The summed E-state index contributed by atoms with van der Waals surface area (Å²) in [5.41, 5.74) is 0. The number of rotatable bonds is 3. The molecule has 6 unspecified atom stereocenters. The predicted octanol–water partition coefficient (Wildman–Crippen LogP) is -0.700. The molecule has 0 spiro atoms. The molecular weight excluding hydrogens is 485 g/mol. The van der Waals surface area contributed by atoms with Gasteiger partial charge < -0.3 is 51.7 Å². The molecule has 27 heavy (non-hydrogen) atoms. The van der Waals surface area contributed by atoms with Gasteiger partial charge in [-0.1, -0.05) is 0 Å². The molecule has 0 aromatic rings. The van der Waals surface area contributed by atoms with Crippen molar-refractivity contribution in [2.45, 2.75) is 45.8 Å². The molecule has 0 aliphatic carbocycles. The zero-order valence-corrected chi connectivity index (χ0v) is 23.5. The van der Waals surface area contributed by atoms with Crippen molar-refractivity contribution in [1.82, 2.24) is 0 Å². The third-order valence-corrected chi connectivity index (χ3v) is 27.3. The van der Waals surface area contributed by atoms with Crippen LogP contribution in [0.2, 0.25) is 45.8 Å². The first-order valence-electron chi connectivity index (χ1n) is 8.05. The topological polar surface area (TPSA) is 144 Å². The molecule has 2 bridgehead atoms. The Kier molecular flexibility index (Phi) is 6.86. The molecule has 0 amide bonds. The van der Waals surface area contributed by atoms with Crippen LogP contribution in [0.3, 0.4) is 0 Å². The molecule has 0 saturated carbocycles. The van der Waals surface area contributed by atoms with Crippen LogP contribution in [-0.2, 0) is 37.3 Å². The van der Waals surface area contributed by atoms with Crippen LogP contribution in [0.4, 0.5) is 0 Å². The molecule has 1 radical (unpaired) electrons. The third-order valence-electron chi connectivity index (χ3n) is 3.28. The average molecular weight is 512 g/mol. The quantitative estimate of drug-likeness (QED) is 0.412. The van der Waals surface area contributed by atoms with Crippen molar-refractivity contribution in [3.05, 3.63) is 0 Å². The molecule has 2 aliphatic heterocycles. The Bertz CT molecular complexity index is 566. The Hall–Kier alpha value is 1.04. The zero-order chi connectivity index (χ0) is 20.9. The van der Waals surface area contributed by atoms with Gasteiger partial charge in [0.05, 0.1) is 0 Å². The monoisotopic (exact) mass is 511 g/mol. The van der Waals surface area contributed by atoms with E-state index in [0.717, 1.165) is 0 Å². The second-order valence-corrected chi connectivity index (χ2v) is 25.3. The van der Waals surface area contributed by atoms with Crippen molar-refractivity contribution < 1.29 is 51.7 Å². The maximum Gasteiger partial charge on any atom is 0.487 e. The van der Waals surface area contributed by atoms with E-state index in [-0.39, 0.29) is 0 Å². The van der Waals surface area contributed by atoms with Crippen LogP contribution in [0.1, 0.15) is 0 Å². The van der Waals surface area contributed by atoms with Crippen molar-refractivity contribution in [3.8, 4) is 0 Å². The fourth-order valence-corrected chi connectivity index (χ4v) is 30.3. The van der Waals surface area contributed by atoms with E-state index in [9.17, 15) is 14.4 Å². The average Bonchev–Trinajstić information content (AvgIpc) is 2.28. The minimum Gasteiger partial charge on any atom is -0.394 e. The number of hydrogen-bond donors (Lipinski definition) is 3. The van der Waals surface area contributed by atoms with Crippen LogP contribution in [0.5, 0.6) is 0 Å². The summed E-state index contributed by atoms with van der Waals surface area (Å²) in [6.45, 7) is 10.4.